The molecule has 2 amide bonds. The molecule has 0 spiro atoms. The minimum Gasteiger partial charge on any atom is -0.338 e. The molecule has 8 heteroatoms. The Balaban J connectivity index is 1.27. The lowest BCUT2D eigenvalue weighted by Gasteiger charge is -2.21. The van der Waals surface area contributed by atoms with E-state index in [1.54, 1.807) is 59.8 Å². The Morgan fingerprint density at radius 3 is 2.33 bits per heavy atom. The number of aromatic nitrogens is 3. The van der Waals surface area contributed by atoms with Gasteiger partial charge in [-0.15, -0.1) is 0 Å². The largest absolute Gasteiger partial charge is 0.338 e. The molecule has 2 heterocycles. The zero-order valence-electron chi connectivity index (χ0n) is 21.8. The van der Waals surface area contributed by atoms with Gasteiger partial charge in [0.05, 0.1) is 17.5 Å². The number of anilines is 1. The second-order valence-corrected chi connectivity index (χ2v) is 9.27. The summed E-state index contributed by atoms with van der Waals surface area (Å²) in [5, 5.41) is 2.92. The highest BCUT2D eigenvalue weighted by Gasteiger charge is 2.15. The molecule has 0 aliphatic heterocycles. The van der Waals surface area contributed by atoms with Gasteiger partial charge in [0, 0.05) is 42.4 Å². The highest BCUT2D eigenvalue weighted by atomic mass is 19.1. The Labute approximate surface area is 225 Å². The number of halogens is 1. The number of fused-ring (bicyclic) bond motifs is 1. The van der Waals surface area contributed by atoms with Crippen LogP contribution < -0.4 is 5.32 Å². The first-order valence-electron chi connectivity index (χ1n) is 12.7. The van der Waals surface area contributed by atoms with E-state index < -0.39 is 0 Å². The fourth-order valence-corrected chi connectivity index (χ4v) is 4.53. The highest BCUT2D eigenvalue weighted by Crippen LogP contribution is 2.23. The van der Waals surface area contributed by atoms with E-state index in [2.05, 4.69) is 15.3 Å². The van der Waals surface area contributed by atoms with Crippen LogP contribution in [0.4, 0.5) is 10.1 Å². The average Bonchev–Trinajstić information content (AvgIpc) is 3.28. The zero-order valence-corrected chi connectivity index (χ0v) is 21.8. The fraction of sp³-hybridized carbons (Fsp3) is 0.161. The van der Waals surface area contributed by atoms with Crippen LogP contribution >= 0.6 is 0 Å². The van der Waals surface area contributed by atoms with Gasteiger partial charge in [-0.1, -0.05) is 12.1 Å². The normalized spacial score (nSPS) is 10.9. The number of pyridine rings is 1. The number of benzene rings is 3. The molecule has 196 valence electrons. The Morgan fingerprint density at radius 2 is 1.64 bits per heavy atom. The predicted octanol–water partition coefficient (Wildman–Crippen LogP) is 5.71. The maximum Gasteiger partial charge on any atom is 0.255 e. The van der Waals surface area contributed by atoms with Crippen molar-refractivity contribution >= 4 is 28.5 Å². The van der Waals surface area contributed by atoms with Gasteiger partial charge in [-0.3, -0.25) is 19.1 Å². The van der Waals surface area contributed by atoms with Crippen LogP contribution in [0.25, 0.3) is 16.7 Å². The summed E-state index contributed by atoms with van der Waals surface area (Å²) < 4.78 is 15.3. The fourth-order valence-electron chi connectivity index (χ4n) is 4.53. The van der Waals surface area contributed by atoms with Crippen LogP contribution in [-0.4, -0.2) is 37.8 Å². The van der Waals surface area contributed by atoms with E-state index in [0.717, 1.165) is 33.7 Å². The number of imidazole rings is 1. The van der Waals surface area contributed by atoms with Crippen LogP contribution in [0.15, 0.2) is 91.3 Å². The van der Waals surface area contributed by atoms with E-state index in [9.17, 15) is 14.0 Å². The topological polar surface area (TPSA) is 80.1 Å². The molecular formula is C31H28FN5O2. The molecule has 2 aromatic heterocycles. The number of carbonyl (C=O) groups excluding carboxylic acids is 2. The van der Waals surface area contributed by atoms with Gasteiger partial charge in [0.25, 0.3) is 5.91 Å². The van der Waals surface area contributed by atoms with Crippen LogP contribution in [0.3, 0.4) is 0 Å². The van der Waals surface area contributed by atoms with Crippen molar-refractivity contribution in [2.24, 2.45) is 0 Å². The number of carbonyl (C=O) groups is 2. The molecule has 3 aromatic carbocycles. The van der Waals surface area contributed by atoms with Gasteiger partial charge in [-0.05, 0) is 91.7 Å². The summed E-state index contributed by atoms with van der Waals surface area (Å²) >= 11 is 0. The third-order valence-corrected chi connectivity index (χ3v) is 6.59. The minimum absolute atomic E-state index is 0.0347. The summed E-state index contributed by atoms with van der Waals surface area (Å²) in [6.07, 6.45) is 3.72. The number of nitrogens with one attached hydrogen (secondary N) is 1. The van der Waals surface area contributed by atoms with Gasteiger partial charge in [-0.2, -0.15) is 0 Å². The quantitative estimate of drug-likeness (QED) is 0.284. The smallest absolute Gasteiger partial charge is 0.255 e. The standard InChI is InChI=1S/C31H28FN5O2/c1-3-36(20-23-14-16-33-17-15-23)30(38)18-22-4-9-26(10-5-22)35-31(39)24-6-13-28-29(19-24)37(21(2)34-28)27-11-7-25(32)8-12-27/h4-17,19H,3,18,20H2,1-2H3,(H,35,39). The molecular weight excluding hydrogens is 493 g/mol. The second-order valence-electron chi connectivity index (χ2n) is 9.27. The first-order chi connectivity index (χ1) is 18.9. The molecule has 0 saturated heterocycles. The Kier molecular flexibility index (Phi) is 7.45. The van der Waals surface area contributed by atoms with Crippen molar-refractivity contribution in [1.29, 1.82) is 0 Å². The van der Waals surface area contributed by atoms with Gasteiger partial charge in [0.15, 0.2) is 0 Å². The Hall–Kier alpha value is -4.85. The molecule has 0 aliphatic rings. The van der Waals surface area contributed by atoms with Crippen LogP contribution in [0, 0.1) is 12.7 Å². The van der Waals surface area contributed by atoms with E-state index in [-0.39, 0.29) is 24.1 Å². The molecule has 0 unspecified atom stereocenters. The molecule has 0 radical (unpaired) electrons. The van der Waals surface area contributed by atoms with Gasteiger partial charge in [-0.25, -0.2) is 9.37 Å². The maximum absolute atomic E-state index is 13.4. The number of rotatable bonds is 8. The second kappa shape index (κ2) is 11.3. The number of nitrogens with zero attached hydrogens (tertiary/aromatic N) is 4. The monoisotopic (exact) mass is 521 g/mol. The van der Waals surface area contributed by atoms with Crippen LogP contribution in [0.2, 0.25) is 0 Å². The third-order valence-electron chi connectivity index (χ3n) is 6.59. The summed E-state index contributed by atoms with van der Waals surface area (Å²) in [7, 11) is 0. The summed E-state index contributed by atoms with van der Waals surface area (Å²) in [4.78, 5) is 36.3. The van der Waals surface area contributed by atoms with E-state index in [1.165, 1.54) is 12.1 Å². The van der Waals surface area contributed by atoms with Crippen molar-refractivity contribution in [3.05, 3.63) is 120 Å². The average molecular weight is 522 g/mol. The van der Waals surface area contributed by atoms with Crippen molar-refractivity contribution in [3.63, 3.8) is 0 Å². The molecule has 5 aromatic rings. The zero-order chi connectivity index (χ0) is 27.4. The number of amides is 2. The van der Waals surface area contributed by atoms with Crippen molar-refractivity contribution in [1.82, 2.24) is 19.4 Å². The lowest BCUT2D eigenvalue weighted by molar-refractivity contribution is -0.130. The third kappa shape index (κ3) is 5.85. The van der Waals surface area contributed by atoms with E-state index in [1.807, 2.05) is 42.7 Å². The molecule has 0 aliphatic carbocycles. The number of likely N-dealkylation sites (N-methyl/N-ethyl adjacent to an activating group) is 1. The van der Waals surface area contributed by atoms with Crippen molar-refractivity contribution < 1.29 is 14.0 Å². The van der Waals surface area contributed by atoms with Crippen LogP contribution in [-0.2, 0) is 17.8 Å². The lowest BCUT2D eigenvalue weighted by atomic mass is 10.1. The van der Waals surface area contributed by atoms with Gasteiger partial charge < -0.3 is 10.2 Å². The van der Waals surface area contributed by atoms with Crippen LogP contribution in [0.5, 0.6) is 0 Å². The molecule has 5 rings (SSSR count). The molecule has 0 atom stereocenters. The van der Waals surface area contributed by atoms with Gasteiger partial charge >= 0.3 is 0 Å². The summed E-state index contributed by atoms with van der Waals surface area (Å²) in [6.45, 7) is 4.98. The SMILES string of the molecule is CCN(Cc1ccncc1)C(=O)Cc1ccc(NC(=O)c2ccc3nc(C)n(-c4ccc(F)cc4)c3c2)cc1. The van der Waals surface area contributed by atoms with Crippen molar-refractivity contribution in [2.45, 2.75) is 26.8 Å². The predicted molar refractivity (Wildman–Crippen MR) is 149 cm³/mol. The molecule has 39 heavy (non-hydrogen) atoms. The Bertz CT molecular complexity index is 1610. The molecule has 1 N–H and O–H groups in total. The van der Waals surface area contributed by atoms with E-state index in [4.69, 9.17) is 0 Å². The number of hydrogen-bond donors (Lipinski definition) is 1. The maximum atomic E-state index is 13.4. The summed E-state index contributed by atoms with van der Waals surface area (Å²) in [5.74, 6) is 0.192. The van der Waals surface area contributed by atoms with Crippen molar-refractivity contribution in [2.75, 3.05) is 11.9 Å². The summed E-state index contributed by atoms with van der Waals surface area (Å²) in [6, 6.07) is 22.6. The van der Waals surface area contributed by atoms with Gasteiger partial charge in [0.2, 0.25) is 5.91 Å². The van der Waals surface area contributed by atoms with Crippen molar-refractivity contribution in [3.8, 4) is 5.69 Å². The Morgan fingerprint density at radius 1 is 0.923 bits per heavy atom. The van der Waals surface area contributed by atoms with Gasteiger partial charge in [0.1, 0.15) is 11.6 Å². The molecule has 0 fully saturated rings. The first kappa shape index (κ1) is 25.8. The highest BCUT2D eigenvalue weighted by molar-refractivity contribution is 6.06. The first-order valence-corrected chi connectivity index (χ1v) is 12.7. The molecule has 0 saturated carbocycles. The minimum atomic E-state index is -0.316. The molecule has 7 nitrogen and oxygen atoms in total. The van der Waals surface area contributed by atoms with E-state index in [0.29, 0.717) is 24.3 Å². The summed E-state index contributed by atoms with van der Waals surface area (Å²) in [5.41, 5.74) is 5.27. The number of hydrogen-bond acceptors (Lipinski definition) is 4. The lowest BCUT2D eigenvalue weighted by Crippen LogP contribution is -2.31. The van der Waals surface area contributed by atoms with E-state index >= 15 is 0 Å². The molecule has 0 bridgehead atoms. The van der Waals surface area contributed by atoms with Crippen LogP contribution in [0.1, 0.15) is 34.2 Å². The number of aryl methyl sites for hydroxylation is 1.